The van der Waals surface area contributed by atoms with Crippen molar-refractivity contribution in [2.75, 3.05) is 0 Å². The zero-order valence-corrected chi connectivity index (χ0v) is 16.0. The van der Waals surface area contributed by atoms with Crippen molar-refractivity contribution in [3.63, 3.8) is 0 Å². The van der Waals surface area contributed by atoms with Crippen LogP contribution in [0.3, 0.4) is 0 Å². The fourth-order valence-corrected chi connectivity index (χ4v) is 2.39. The molecule has 1 nitrogen and oxygen atoms in total. The summed E-state index contributed by atoms with van der Waals surface area (Å²) in [5.74, 6) is 43.3. The molecule has 0 aliphatic heterocycles. The molecule has 0 radical (unpaired) electrons. The summed E-state index contributed by atoms with van der Waals surface area (Å²) in [5, 5.41) is 2.09. The summed E-state index contributed by atoms with van der Waals surface area (Å²) in [4.78, 5) is 0. The van der Waals surface area contributed by atoms with Crippen LogP contribution < -0.4 is 0 Å². The molecule has 1 heterocycles. The van der Waals surface area contributed by atoms with E-state index >= 15 is 0 Å². The standard InChI is InChI=1S/C30H8O/c1-2-3-4-5-6-7-8-9-10-11-12-13-14-15-16-17-21-26-22-20-24-28-27-23-18-19-25-29(27)31-30(26)28/h1,18-20,22-25H. The Morgan fingerprint density at radius 3 is 1.65 bits per heavy atom. The number of hydrogen-bond acceptors (Lipinski definition) is 1. The van der Waals surface area contributed by atoms with Crippen LogP contribution in [0.15, 0.2) is 46.9 Å². The molecule has 0 atom stereocenters. The Balaban J connectivity index is 1.63. The third-order valence-corrected chi connectivity index (χ3v) is 3.55. The van der Waals surface area contributed by atoms with Gasteiger partial charge in [0.2, 0.25) is 0 Å². The van der Waals surface area contributed by atoms with E-state index in [1.54, 1.807) is 0 Å². The summed E-state index contributed by atoms with van der Waals surface area (Å²) in [5.41, 5.74) is 2.36. The highest BCUT2D eigenvalue weighted by molar-refractivity contribution is 6.06. The fourth-order valence-electron chi connectivity index (χ4n) is 2.39. The fraction of sp³-hybridized carbons (Fsp3) is 0. The molecule has 0 bridgehead atoms. The SMILES string of the molecule is C#CC#CC#CC#CC#CC#CC#CC#CC#Cc1cccc2c1oc1ccccc12. The largest absolute Gasteiger partial charge is 0.455 e. The van der Waals surface area contributed by atoms with Crippen LogP contribution in [0.1, 0.15) is 5.56 Å². The summed E-state index contributed by atoms with van der Waals surface area (Å²) in [6, 6.07) is 13.7. The molecule has 2 aromatic carbocycles. The topological polar surface area (TPSA) is 13.1 Å². The van der Waals surface area contributed by atoms with E-state index in [1.807, 2.05) is 42.5 Å². The lowest BCUT2D eigenvalue weighted by atomic mass is 10.1. The van der Waals surface area contributed by atoms with Crippen LogP contribution in [-0.2, 0) is 0 Å². The minimum Gasteiger partial charge on any atom is -0.455 e. The summed E-state index contributed by atoms with van der Waals surface area (Å²) in [6.07, 6.45) is 4.94. The minimum atomic E-state index is 0.753. The van der Waals surface area contributed by atoms with Gasteiger partial charge in [-0.05, 0) is 113 Å². The maximum absolute atomic E-state index is 5.92. The molecule has 0 spiro atoms. The Morgan fingerprint density at radius 2 is 1.03 bits per heavy atom. The predicted octanol–water partition coefficient (Wildman–Crippen LogP) is 3.59. The van der Waals surface area contributed by atoms with Crippen molar-refractivity contribution in [1.82, 2.24) is 0 Å². The van der Waals surface area contributed by atoms with Crippen LogP contribution in [-0.4, -0.2) is 0 Å². The molecular weight excluding hydrogens is 376 g/mol. The number of benzene rings is 2. The molecule has 0 unspecified atom stereocenters. The van der Waals surface area contributed by atoms with E-state index < -0.39 is 0 Å². The van der Waals surface area contributed by atoms with E-state index in [9.17, 15) is 0 Å². The summed E-state index contributed by atoms with van der Waals surface area (Å²) in [7, 11) is 0. The molecule has 0 fully saturated rings. The summed E-state index contributed by atoms with van der Waals surface area (Å²) < 4.78 is 5.92. The number of terminal acetylenes is 1. The highest BCUT2D eigenvalue weighted by Crippen LogP contribution is 2.30. The highest BCUT2D eigenvalue weighted by atomic mass is 16.3. The van der Waals surface area contributed by atoms with E-state index in [0.717, 1.165) is 27.5 Å². The van der Waals surface area contributed by atoms with Crippen molar-refractivity contribution in [2.45, 2.75) is 0 Å². The second-order valence-electron chi connectivity index (χ2n) is 5.42. The molecule has 3 aromatic rings. The van der Waals surface area contributed by atoms with Gasteiger partial charge in [-0.2, -0.15) is 0 Å². The van der Waals surface area contributed by atoms with Crippen LogP contribution in [0.2, 0.25) is 0 Å². The van der Waals surface area contributed by atoms with Gasteiger partial charge >= 0.3 is 0 Å². The lowest BCUT2D eigenvalue weighted by Gasteiger charge is -1.91. The van der Waals surface area contributed by atoms with E-state index in [2.05, 4.69) is 101 Å². The first-order valence-corrected chi connectivity index (χ1v) is 8.77. The van der Waals surface area contributed by atoms with Crippen molar-refractivity contribution >= 4 is 21.9 Å². The van der Waals surface area contributed by atoms with Gasteiger partial charge in [0, 0.05) is 10.8 Å². The smallest absolute Gasteiger partial charge is 0.151 e. The van der Waals surface area contributed by atoms with Crippen LogP contribution >= 0.6 is 0 Å². The third-order valence-electron chi connectivity index (χ3n) is 3.55. The predicted molar refractivity (Wildman–Crippen MR) is 124 cm³/mol. The zero-order chi connectivity index (χ0) is 21.6. The van der Waals surface area contributed by atoms with E-state index in [-0.39, 0.29) is 0 Å². The van der Waals surface area contributed by atoms with E-state index in [0.29, 0.717) is 0 Å². The molecule has 0 aliphatic rings. The van der Waals surface area contributed by atoms with Crippen molar-refractivity contribution in [3.8, 4) is 107 Å². The summed E-state index contributed by atoms with van der Waals surface area (Å²) in [6.45, 7) is 0. The molecular formula is C30H8O. The molecule has 31 heavy (non-hydrogen) atoms. The van der Waals surface area contributed by atoms with Crippen molar-refractivity contribution in [3.05, 3.63) is 48.0 Å². The lowest BCUT2D eigenvalue weighted by Crippen LogP contribution is -1.74. The van der Waals surface area contributed by atoms with Crippen LogP contribution in [0.25, 0.3) is 21.9 Å². The quantitative estimate of drug-likeness (QED) is 0.540. The van der Waals surface area contributed by atoms with Gasteiger partial charge in [-0.15, -0.1) is 6.42 Å². The molecule has 134 valence electrons. The van der Waals surface area contributed by atoms with Crippen molar-refractivity contribution in [2.24, 2.45) is 0 Å². The minimum absolute atomic E-state index is 0.753. The normalized spacial score (nSPS) is 7.19. The Kier molecular flexibility index (Phi) is 7.23. The number of hydrogen-bond donors (Lipinski definition) is 0. The Bertz CT molecular complexity index is 1730. The van der Waals surface area contributed by atoms with Crippen molar-refractivity contribution in [1.29, 1.82) is 0 Å². The summed E-state index contributed by atoms with van der Waals surface area (Å²) >= 11 is 0. The highest BCUT2D eigenvalue weighted by Gasteiger charge is 2.08. The average molecular weight is 384 g/mol. The van der Waals surface area contributed by atoms with E-state index in [1.165, 1.54) is 0 Å². The second kappa shape index (κ2) is 11.2. The molecule has 0 N–H and O–H groups in total. The van der Waals surface area contributed by atoms with Gasteiger partial charge in [0.1, 0.15) is 5.58 Å². The number of fused-ring (bicyclic) bond motifs is 3. The molecule has 3 rings (SSSR count). The van der Waals surface area contributed by atoms with Gasteiger partial charge in [-0.25, -0.2) is 0 Å². The van der Waals surface area contributed by atoms with Crippen LogP contribution in [0, 0.1) is 107 Å². The maximum Gasteiger partial charge on any atom is 0.151 e. The first-order valence-electron chi connectivity index (χ1n) is 8.77. The Morgan fingerprint density at radius 1 is 0.516 bits per heavy atom. The number of furan rings is 1. The monoisotopic (exact) mass is 384 g/mol. The van der Waals surface area contributed by atoms with Gasteiger partial charge < -0.3 is 4.42 Å². The van der Waals surface area contributed by atoms with Crippen LogP contribution in [0.5, 0.6) is 0 Å². The first-order chi connectivity index (χ1) is 15.4. The van der Waals surface area contributed by atoms with Gasteiger partial charge in [0.15, 0.2) is 5.58 Å². The molecule has 1 heteroatoms. The van der Waals surface area contributed by atoms with Crippen molar-refractivity contribution < 1.29 is 4.42 Å². The molecule has 0 aliphatic carbocycles. The Labute approximate surface area is 181 Å². The van der Waals surface area contributed by atoms with Gasteiger partial charge in [-0.3, -0.25) is 0 Å². The molecule has 1 aromatic heterocycles. The van der Waals surface area contributed by atoms with Gasteiger partial charge in [-0.1, -0.05) is 30.3 Å². The van der Waals surface area contributed by atoms with Gasteiger partial charge in [0.05, 0.1) is 5.56 Å². The lowest BCUT2D eigenvalue weighted by molar-refractivity contribution is 0.668. The number of rotatable bonds is 0. The van der Waals surface area contributed by atoms with E-state index in [4.69, 9.17) is 10.8 Å². The molecule has 0 saturated heterocycles. The maximum atomic E-state index is 5.92. The Hall–Kier alpha value is -5.72. The second-order valence-corrected chi connectivity index (χ2v) is 5.42. The van der Waals surface area contributed by atoms with Gasteiger partial charge in [0.25, 0.3) is 0 Å². The molecule has 0 saturated carbocycles. The average Bonchev–Trinajstić information content (AvgIpc) is 3.18. The third kappa shape index (κ3) is 5.88. The zero-order valence-electron chi connectivity index (χ0n) is 16.0. The molecule has 0 amide bonds. The first kappa shape index (κ1) is 20.0. The number of para-hydroxylation sites is 2. The van der Waals surface area contributed by atoms with Crippen LogP contribution in [0.4, 0.5) is 0 Å².